The van der Waals surface area contributed by atoms with Crippen molar-refractivity contribution in [2.45, 2.75) is 37.5 Å². The number of hydrogen-bond donors (Lipinski definition) is 1. The molecule has 0 amide bonds. The smallest absolute Gasteiger partial charge is 0.155 e. The van der Waals surface area contributed by atoms with Gasteiger partial charge < -0.3 is 5.73 Å². The lowest BCUT2D eigenvalue weighted by Crippen LogP contribution is -2.37. The molecule has 2 heterocycles. The molecule has 90 valence electrons. The van der Waals surface area contributed by atoms with Crippen molar-refractivity contribution in [3.8, 4) is 0 Å². The summed E-state index contributed by atoms with van der Waals surface area (Å²) in [6.45, 7) is 1.99. The van der Waals surface area contributed by atoms with Crippen LogP contribution in [0, 0.1) is 6.92 Å². The molecule has 0 aliphatic carbocycles. The van der Waals surface area contributed by atoms with Crippen molar-refractivity contribution in [3.05, 3.63) is 21.9 Å². The molecule has 5 heteroatoms. The molecule has 16 heavy (non-hydrogen) atoms. The summed E-state index contributed by atoms with van der Waals surface area (Å²) in [7, 11) is -2.98. The fraction of sp³-hybridized carbons (Fsp3) is 0.636. The minimum absolute atomic E-state index is 0.301. The standard InChI is InChI=1S/C11H17NO2S2/c1-8-5-6-15-11(8)10(12)9-4-2-3-7-16(9,13)14/h5-6,9-10H,2-4,7,12H2,1H3. The number of nitrogens with two attached hydrogens (primary N) is 1. The summed E-state index contributed by atoms with van der Waals surface area (Å²) < 4.78 is 23.9. The minimum atomic E-state index is -2.98. The number of rotatable bonds is 2. The monoisotopic (exact) mass is 259 g/mol. The third kappa shape index (κ3) is 2.17. The van der Waals surface area contributed by atoms with Gasteiger partial charge in [-0.25, -0.2) is 8.42 Å². The molecule has 0 radical (unpaired) electrons. The van der Waals surface area contributed by atoms with Crippen LogP contribution in [0.25, 0.3) is 0 Å². The zero-order valence-corrected chi connectivity index (χ0v) is 11.0. The first-order chi connectivity index (χ1) is 7.52. The van der Waals surface area contributed by atoms with E-state index < -0.39 is 9.84 Å². The van der Waals surface area contributed by atoms with Gasteiger partial charge in [-0.1, -0.05) is 6.42 Å². The van der Waals surface area contributed by atoms with Gasteiger partial charge in [-0.3, -0.25) is 0 Å². The van der Waals surface area contributed by atoms with Crippen LogP contribution in [-0.4, -0.2) is 19.4 Å². The van der Waals surface area contributed by atoms with Crippen molar-refractivity contribution in [2.75, 3.05) is 5.75 Å². The molecule has 2 rings (SSSR count). The van der Waals surface area contributed by atoms with Crippen molar-refractivity contribution in [3.63, 3.8) is 0 Å². The fourth-order valence-corrected chi connectivity index (χ4v) is 5.38. The lowest BCUT2D eigenvalue weighted by atomic mass is 10.0. The van der Waals surface area contributed by atoms with Gasteiger partial charge in [0.05, 0.1) is 17.0 Å². The molecule has 0 aromatic carbocycles. The van der Waals surface area contributed by atoms with E-state index in [1.54, 1.807) is 11.3 Å². The highest BCUT2D eigenvalue weighted by molar-refractivity contribution is 7.92. The highest BCUT2D eigenvalue weighted by atomic mass is 32.2. The van der Waals surface area contributed by atoms with Gasteiger partial charge in [-0.2, -0.15) is 0 Å². The van der Waals surface area contributed by atoms with Gasteiger partial charge in [0.1, 0.15) is 0 Å². The molecule has 2 N–H and O–H groups in total. The Labute approximate surface area is 101 Å². The Morgan fingerprint density at radius 1 is 1.50 bits per heavy atom. The molecule has 2 atom stereocenters. The summed E-state index contributed by atoms with van der Waals surface area (Å²) in [5.41, 5.74) is 7.23. The third-order valence-electron chi connectivity index (χ3n) is 3.23. The first kappa shape index (κ1) is 12.1. The SMILES string of the molecule is Cc1ccsc1C(N)C1CCCCS1(=O)=O. The van der Waals surface area contributed by atoms with Crippen molar-refractivity contribution < 1.29 is 8.42 Å². The van der Waals surface area contributed by atoms with Crippen molar-refractivity contribution in [1.29, 1.82) is 0 Å². The quantitative estimate of drug-likeness (QED) is 0.884. The molecule has 0 spiro atoms. The van der Waals surface area contributed by atoms with Crippen molar-refractivity contribution in [2.24, 2.45) is 5.73 Å². The molecule has 0 bridgehead atoms. The lowest BCUT2D eigenvalue weighted by molar-refractivity contribution is 0.507. The average molecular weight is 259 g/mol. The Bertz CT molecular complexity index is 464. The predicted molar refractivity (Wildman–Crippen MR) is 67.4 cm³/mol. The van der Waals surface area contributed by atoms with Crippen LogP contribution in [0.4, 0.5) is 0 Å². The van der Waals surface area contributed by atoms with Crippen LogP contribution in [0.1, 0.15) is 35.7 Å². The van der Waals surface area contributed by atoms with Crippen LogP contribution >= 0.6 is 11.3 Å². The predicted octanol–water partition coefficient (Wildman–Crippen LogP) is 2.02. The maximum Gasteiger partial charge on any atom is 0.155 e. The topological polar surface area (TPSA) is 60.2 Å². The highest BCUT2D eigenvalue weighted by Gasteiger charge is 2.35. The van der Waals surface area contributed by atoms with Crippen LogP contribution in [0.15, 0.2) is 11.4 Å². The molecule has 1 aromatic heterocycles. The van der Waals surface area contributed by atoms with Crippen LogP contribution in [0.5, 0.6) is 0 Å². The fourth-order valence-electron chi connectivity index (χ4n) is 2.28. The van der Waals surface area contributed by atoms with E-state index >= 15 is 0 Å². The summed E-state index contributed by atoms with van der Waals surface area (Å²) in [6, 6.07) is 1.65. The maximum absolute atomic E-state index is 12.0. The summed E-state index contributed by atoms with van der Waals surface area (Å²) in [5, 5.41) is 1.60. The Kier molecular flexibility index (Phi) is 3.37. The van der Waals surface area contributed by atoms with E-state index in [4.69, 9.17) is 5.73 Å². The Morgan fingerprint density at radius 2 is 2.25 bits per heavy atom. The second-order valence-electron chi connectivity index (χ2n) is 4.39. The summed E-state index contributed by atoms with van der Waals surface area (Å²) >= 11 is 1.56. The van der Waals surface area contributed by atoms with E-state index in [0.717, 1.165) is 23.3 Å². The summed E-state index contributed by atoms with van der Waals surface area (Å²) in [6.07, 6.45) is 2.47. The second kappa shape index (κ2) is 4.47. The maximum atomic E-state index is 12.0. The van der Waals surface area contributed by atoms with Crippen molar-refractivity contribution >= 4 is 21.2 Å². The largest absolute Gasteiger partial charge is 0.322 e. The number of aryl methyl sites for hydroxylation is 1. The Hall–Kier alpha value is -0.390. The lowest BCUT2D eigenvalue weighted by Gasteiger charge is -2.27. The number of thiophene rings is 1. The van der Waals surface area contributed by atoms with E-state index in [0.29, 0.717) is 12.2 Å². The normalized spacial score (nSPS) is 26.5. The minimum Gasteiger partial charge on any atom is -0.322 e. The van der Waals surface area contributed by atoms with Gasteiger partial charge in [-0.05, 0) is 36.8 Å². The molecule has 1 saturated heterocycles. The summed E-state index contributed by atoms with van der Waals surface area (Å²) in [4.78, 5) is 1.02. The zero-order valence-electron chi connectivity index (χ0n) is 9.35. The molecule has 0 saturated carbocycles. The Balaban J connectivity index is 2.28. The first-order valence-electron chi connectivity index (χ1n) is 5.53. The first-order valence-corrected chi connectivity index (χ1v) is 8.13. The molecular weight excluding hydrogens is 242 g/mol. The van der Waals surface area contributed by atoms with Crippen LogP contribution in [0.3, 0.4) is 0 Å². The average Bonchev–Trinajstić information content (AvgIpc) is 2.63. The van der Waals surface area contributed by atoms with Gasteiger partial charge in [0.2, 0.25) is 0 Å². The van der Waals surface area contributed by atoms with Gasteiger partial charge in [0.25, 0.3) is 0 Å². The van der Waals surface area contributed by atoms with Gasteiger partial charge in [0, 0.05) is 4.88 Å². The second-order valence-corrected chi connectivity index (χ2v) is 7.68. The van der Waals surface area contributed by atoms with Gasteiger partial charge in [-0.15, -0.1) is 11.3 Å². The van der Waals surface area contributed by atoms with Crippen LogP contribution < -0.4 is 5.73 Å². The van der Waals surface area contributed by atoms with Crippen LogP contribution in [0.2, 0.25) is 0 Å². The van der Waals surface area contributed by atoms with E-state index in [2.05, 4.69) is 0 Å². The Morgan fingerprint density at radius 3 is 2.81 bits per heavy atom. The van der Waals surface area contributed by atoms with Crippen molar-refractivity contribution in [1.82, 2.24) is 0 Å². The molecular formula is C11H17NO2S2. The van der Waals surface area contributed by atoms with E-state index in [9.17, 15) is 8.42 Å². The van der Waals surface area contributed by atoms with E-state index in [-0.39, 0.29) is 11.3 Å². The van der Waals surface area contributed by atoms with E-state index in [1.165, 1.54) is 0 Å². The molecule has 1 aromatic rings. The number of hydrogen-bond acceptors (Lipinski definition) is 4. The molecule has 1 fully saturated rings. The molecule has 2 unspecified atom stereocenters. The van der Waals surface area contributed by atoms with Gasteiger partial charge in [0.15, 0.2) is 9.84 Å². The van der Waals surface area contributed by atoms with Gasteiger partial charge >= 0.3 is 0 Å². The molecule has 1 aliphatic rings. The molecule has 3 nitrogen and oxygen atoms in total. The zero-order chi connectivity index (χ0) is 11.8. The van der Waals surface area contributed by atoms with E-state index in [1.807, 2.05) is 18.4 Å². The summed E-state index contributed by atoms with van der Waals surface area (Å²) in [5.74, 6) is 0.301. The highest BCUT2D eigenvalue weighted by Crippen LogP contribution is 2.32. The third-order valence-corrected chi connectivity index (χ3v) is 6.66. The van der Waals surface area contributed by atoms with Crippen LogP contribution in [-0.2, 0) is 9.84 Å². The molecule has 1 aliphatic heterocycles. The number of sulfone groups is 1.